The van der Waals surface area contributed by atoms with E-state index in [0.29, 0.717) is 12.1 Å². The van der Waals surface area contributed by atoms with E-state index in [0.717, 1.165) is 49.1 Å². The number of para-hydroxylation sites is 1. The summed E-state index contributed by atoms with van der Waals surface area (Å²) >= 11 is 0. The van der Waals surface area contributed by atoms with Crippen LogP contribution >= 0.6 is 0 Å². The Labute approximate surface area is 147 Å². The van der Waals surface area contributed by atoms with Gasteiger partial charge >= 0.3 is 0 Å². The van der Waals surface area contributed by atoms with Crippen LogP contribution in [0.15, 0.2) is 24.3 Å². The van der Waals surface area contributed by atoms with Crippen molar-refractivity contribution < 1.29 is 14.2 Å². The fraction of sp³-hybridized carbons (Fsp3) is 0.550. The standard InChI is InChI=1S/C20H25FN2O2/c1-3-25-18-12-17(24)20(18)7-9-23(10-8-20)16-11-13(2)22-19-14(16)5-4-6-15(19)21/h4-6,11,17-18,24H,3,7-10,12H2,1-2H3. The third-order valence-electron chi connectivity index (χ3n) is 6.04. The topological polar surface area (TPSA) is 45.6 Å². The van der Waals surface area contributed by atoms with Gasteiger partial charge in [-0.25, -0.2) is 9.37 Å². The van der Waals surface area contributed by atoms with Crippen LogP contribution in [0, 0.1) is 18.2 Å². The molecule has 5 heteroatoms. The number of aromatic nitrogens is 1. The van der Waals surface area contributed by atoms with Crippen LogP contribution < -0.4 is 4.90 Å². The van der Waals surface area contributed by atoms with E-state index in [1.165, 1.54) is 6.07 Å². The number of benzene rings is 1. The molecule has 1 aromatic carbocycles. The van der Waals surface area contributed by atoms with Gasteiger partial charge in [0.05, 0.1) is 12.2 Å². The number of ether oxygens (including phenoxy) is 1. The maximum absolute atomic E-state index is 14.2. The first-order chi connectivity index (χ1) is 12.0. The van der Waals surface area contributed by atoms with Gasteiger partial charge in [-0.15, -0.1) is 0 Å². The first kappa shape index (κ1) is 16.7. The summed E-state index contributed by atoms with van der Waals surface area (Å²) in [7, 11) is 0. The summed E-state index contributed by atoms with van der Waals surface area (Å²) in [5, 5.41) is 11.2. The largest absolute Gasteiger partial charge is 0.392 e. The summed E-state index contributed by atoms with van der Waals surface area (Å²) in [6.07, 6.45) is 2.45. The number of piperidine rings is 1. The predicted molar refractivity (Wildman–Crippen MR) is 96.4 cm³/mol. The van der Waals surface area contributed by atoms with E-state index in [4.69, 9.17) is 4.74 Å². The first-order valence-corrected chi connectivity index (χ1v) is 9.15. The van der Waals surface area contributed by atoms with Crippen LogP contribution in [0.4, 0.5) is 10.1 Å². The smallest absolute Gasteiger partial charge is 0.149 e. The fourth-order valence-corrected chi connectivity index (χ4v) is 4.56. The number of pyridine rings is 1. The molecule has 0 amide bonds. The van der Waals surface area contributed by atoms with Crippen molar-refractivity contribution in [3.05, 3.63) is 35.8 Å². The summed E-state index contributed by atoms with van der Waals surface area (Å²) in [5.41, 5.74) is 2.20. The highest BCUT2D eigenvalue weighted by molar-refractivity contribution is 5.92. The lowest BCUT2D eigenvalue weighted by Crippen LogP contribution is -2.62. The number of hydrogen-bond acceptors (Lipinski definition) is 4. The third-order valence-corrected chi connectivity index (χ3v) is 6.04. The number of aryl methyl sites for hydroxylation is 1. The molecule has 2 unspecified atom stereocenters. The first-order valence-electron chi connectivity index (χ1n) is 9.15. The van der Waals surface area contributed by atoms with Gasteiger partial charge in [0.25, 0.3) is 0 Å². The van der Waals surface area contributed by atoms with Crippen LogP contribution in [0.5, 0.6) is 0 Å². The maximum atomic E-state index is 14.2. The number of hydrogen-bond donors (Lipinski definition) is 1. The monoisotopic (exact) mass is 344 g/mol. The van der Waals surface area contributed by atoms with Crippen LogP contribution in [0.2, 0.25) is 0 Å². The van der Waals surface area contributed by atoms with Gasteiger partial charge in [0.1, 0.15) is 11.3 Å². The Morgan fingerprint density at radius 2 is 2.12 bits per heavy atom. The minimum absolute atomic E-state index is 0.102. The normalized spacial score (nSPS) is 25.4. The Hall–Kier alpha value is -1.72. The van der Waals surface area contributed by atoms with Crippen molar-refractivity contribution in [2.24, 2.45) is 5.41 Å². The van der Waals surface area contributed by atoms with Gasteiger partial charge in [-0.1, -0.05) is 12.1 Å². The van der Waals surface area contributed by atoms with E-state index in [2.05, 4.69) is 9.88 Å². The predicted octanol–water partition coefficient (Wildman–Crippen LogP) is 3.44. The van der Waals surface area contributed by atoms with Crippen molar-refractivity contribution in [2.75, 3.05) is 24.6 Å². The third kappa shape index (κ3) is 2.61. The zero-order valence-electron chi connectivity index (χ0n) is 14.8. The summed E-state index contributed by atoms with van der Waals surface area (Å²) in [4.78, 5) is 6.67. The highest BCUT2D eigenvalue weighted by Gasteiger charge is 2.56. The Morgan fingerprint density at radius 1 is 1.36 bits per heavy atom. The molecule has 0 bridgehead atoms. The van der Waals surface area contributed by atoms with Gasteiger partial charge in [0, 0.05) is 48.3 Å². The number of aliphatic hydroxyl groups is 1. The molecule has 25 heavy (non-hydrogen) atoms. The molecule has 0 radical (unpaired) electrons. The number of anilines is 1. The van der Waals surface area contributed by atoms with Crippen LogP contribution in [-0.4, -0.2) is 42.0 Å². The van der Waals surface area contributed by atoms with Crippen molar-refractivity contribution in [2.45, 2.75) is 45.3 Å². The SMILES string of the molecule is CCOC1CC(O)C12CCN(c1cc(C)nc3c(F)cccc13)CC2. The van der Waals surface area contributed by atoms with Crippen LogP contribution in [0.1, 0.15) is 31.9 Å². The second-order valence-corrected chi connectivity index (χ2v) is 7.33. The second kappa shape index (κ2) is 6.22. The van der Waals surface area contributed by atoms with Crippen molar-refractivity contribution >= 4 is 16.6 Å². The quantitative estimate of drug-likeness (QED) is 0.926. The average molecular weight is 344 g/mol. The molecule has 1 N–H and O–H groups in total. The molecule has 1 aliphatic heterocycles. The second-order valence-electron chi connectivity index (χ2n) is 7.33. The number of aliphatic hydroxyl groups excluding tert-OH is 1. The number of halogens is 1. The highest BCUT2D eigenvalue weighted by atomic mass is 19.1. The Bertz CT molecular complexity index is 785. The molecule has 1 aromatic heterocycles. The molecule has 4 rings (SSSR count). The van der Waals surface area contributed by atoms with Crippen molar-refractivity contribution in [3.63, 3.8) is 0 Å². The van der Waals surface area contributed by atoms with E-state index in [-0.39, 0.29) is 23.4 Å². The van der Waals surface area contributed by atoms with Crippen molar-refractivity contribution in [1.29, 1.82) is 0 Å². The number of fused-ring (bicyclic) bond motifs is 1. The maximum Gasteiger partial charge on any atom is 0.149 e. The molecule has 2 fully saturated rings. The van der Waals surface area contributed by atoms with Crippen LogP contribution in [0.25, 0.3) is 10.9 Å². The molecule has 1 saturated heterocycles. The van der Waals surface area contributed by atoms with Crippen molar-refractivity contribution in [3.8, 4) is 0 Å². The Morgan fingerprint density at radius 3 is 2.80 bits per heavy atom. The summed E-state index contributed by atoms with van der Waals surface area (Å²) in [5.74, 6) is -0.276. The molecule has 2 aromatic rings. The molecular weight excluding hydrogens is 319 g/mol. The Balaban J connectivity index is 1.61. The highest BCUT2D eigenvalue weighted by Crippen LogP contribution is 2.51. The van der Waals surface area contributed by atoms with E-state index in [1.54, 1.807) is 6.07 Å². The lowest BCUT2D eigenvalue weighted by Gasteiger charge is -2.57. The molecule has 2 heterocycles. The Kier molecular flexibility index (Phi) is 4.16. The lowest BCUT2D eigenvalue weighted by molar-refractivity contribution is -0.199. The summed E-state index contributed by atoms with van der Waals surface area (Å²) in [6, 6.07) is 7.17. The van der Waals surface area contributed by atoms with Crippen LogP contribution in [0.3, 0.4) is 0 Å². The zero-order valence-corrected chi connectivity index (χ0v) is 14.8. The minimum atomic E-state index is -0.276. The fourth-order valence-electron chi connectivity index (χ4n) is 4.56. The van der Waals surface area contributed by atoms with E-state index >= 15 is 0 Å². The molecular formula is C20H25FN2O2. The molecule has 2 aliphatic rings. The molecule has 4 nitrogen and oxygen atoms in total. The van der Waals surface area contributed by atoms with Gasteiger partial charge in [0.15, 0.2) is 0 Å². The van der Waals surface area contributed by atoms with Gasteiger partial charge in [0.2, 0.25) is 0 Å². The molecule has 134 valence electrons. The summed E-state index contributed by atoms with van der Waals surface area (Å²) in [6.45, 7) is 6.29. The van der Waals surface area contributed by atoms with Crippen LogP contribution in [-0.2, 0) is 4.74 Å². The van der Waals surface area contributed by atoms with Crippen molar-refractivity contribution in [1.82, 2.24) is 4.98 Å². The van der Waals surface area contributed by atoms with Gasteiger partial charge in [-0.2, -0.15) is 0 Å². The summed E-state index contributed by atoms with van der Waals surface area (Å²) < 4.78 is 20.0. The zero-order chi connectivity index (χ0) is 17.6. The lowest BCUT2D eigenvalue weighted by atomic mass is 9.58. The molecule has 1 saturated carbocycles. The van der Waals surface area contributed by atoms with Gasteiger partial charge < -0.3 is 14.7 Å². The molecule has 2 atom stereocenters. The van der Waals surface area contributed by atoms with Gasteiger partial charge in [-0.3, -0.25) is 0 Å². The molecule has 1 spiro atoms. The van der Waals surface area contributed by atoms with E-state index < -0.39 is 0 Å². The minimum Gasteiger partial charge on any atom is -0.392 e. The van der Waals surface area contributed by atoms with E-state index in [1.807, 2.05) is 26.0 Å². The number of nitrogens with zero attached hydrogens (tertiary/aromatic N) is 2. The number of rotatable bonds is 3. The average Bonchev–Trinajstić information content (AvgIpc) is 2.62. The molecule has 1 aliphatic carbocycles. The van der Waals surface area contributed by atoms with Gasteiger partial charge in [-0.05, 0) is 38.8 Å². The van der Waals surface area contributed by atoms with E-state index in [9.17, 15) is 9.50 Å².